The van der Waals surface area contributed by atoms with Crippen LogP contribution in [0.1, 0.15) is 39.2 Å². The molecule has 0 aliphatic rings. The molecule has 0 bridgehead atoms. The largest absolute Gasteiger partial charge is 0.494 e. The van der Waals surface area contributed by atoms with Crippen molar-refractivity contribution in [3.63, 3.8) is 0 Å². The van der Waals surface area contributed by atoms with Crippen LogP contribution in [0.15, 0.2) is 24.3 Å². The summed E-state index contributed by atoms with van der Waals surface area (Å²) < 4.78 is 5.68. The van der Waals surface area contributed by atoms with Crippen LogP contribution in [0.3, 0.4) is 0 Å². The molecule has 0 fully saturated rings. The van der Waals surface area contributed by atoms with Crippen LogP contribution >= 0.6 is 0 Å². The van der Waals surface area contributed by atoms with Gasteiger partial charge < -0.3 is 20.3 Å². The van der Waals surface area contributed by atoms with Gasteiger partial charge in [0.05, 0.1) is 25.4 Å². The first-order valence-electron chi connectivity index (χ1n) is 7.73. The molecule has 4 heteroatoms. The molecular formula is C17H29NO3. The lowest BCUT2D eigenvalue weighted by molar-refractivity contribution is 0.0864. The summed E-state index contributed by atoms with van der Waals surface area (Å²) >= 11 is 0. The summed E-state index contributed by atoms with van der Waals surface area (Å²) in [5.41, 5.74) is 0.498. The van der Waals surface area contributed by atoms with Crippen molar-refractivity contribution in [2.75, 3.05) is 19.8 Å². The molecule has 0 aliphatic carbocycles. The van der Waals surface area contributed by atoms with Crippen LogP contribution in [0, 0.1) is 5.92 Å². The minimum atomic E-state index is -0.605. The second-order valence-corrected chi connectivity index (χ2v) is 5.98. The lowest BCUT2D eigenvalue weighted by Gasteiger charge is -2.29. The van der Waals surface area contributed by atoms with E-state index in [0.29, 0.717) is 18.9 Å². The summed E-state index contributed by atoms with van der Waals surface area (Å²) in [5, 5.41) is 22.0. The Bertz CT molecular complexity index is 377. The Balaban J connectivity index is 2.47. The summed E-state index contributed by atoms with van der Waals surface area (Å²) in [6, 6.07) is 7.94. The van der Waals surface area contributed by atoms with Gasteiger partial charge in [-0.15, -0.1) is 0 Å². The average molecular weight is 295 g/mol. The highest BCUT2D eigenvalue weighted by Crippen LogP contribution is 2.15. The van der Waals surface area contributed by atoms with Gasteiger partial charge in [0.1, 0.15) is 5.75 Å². The Morgan fingerprint density at radius 1 is 1.14 bits per heavy atom. The molecule has 120 valence electrons. The molecule has 0 atom stereocenters. The number of aliphatic hydroxyl groups is 2. The molecule has 0 heterocycles. The average Bonchev–Trinajstić information content (AvgIpc) is 2.50. The zero-order chi connectivity index (χ0) is 15.7. The first-order chi connectivity index (χ1) is 10.0. The summed E-state index contributed by atoms with van der Waals surface area (Å²) in [6.07, 6.45) is 1.73. The molecule has 4 nitrogen and oxygen atoms in total. The van der Waals surface area contributed by atoms with E-state index in [-0.39, 0.29) is 13.2 Å². The number of ether oxygens (including phenoxy) is 1. The molecule has 1 aromatic carbocycles. The van der Waals surface area contributed by atoms with E-state index in [9.17, 15) is 10.2 Å². The van der Waals surface area contributed by atoms with Gasteiger partial charge in [-0.05, 0) is 36.5 Å². The lowest BCUT2D eigenvalue weighted by Crippen LogP contribution is -2.50. The SMILES string of the molecule is CCC(CO)(CO)NCc1ccc(OCCC(C)C)cc1. The highest BCUT2D eigenvalue weighted by atomic mass is 16.5. The number of aliphatic hydroxyl groups excluding tert-OH is 2. The second-order valence-electron chi connectivity index (χ2n) is 5.98. The van der Waals surface area contributed by atoms with Crippen molar-refractivity contribution >= 4 is 0 Å². The third kappa shape index (κ3) is 6.04. The molecule has 3 N–H and O–H groups in total. The van der Waals surface area contributed by atoms with E-state index < -0.39 is 5.54 Å². The van der Waals surface area contributed by atoms with Crippen LogP contribution in [-0.2, 0) is 6.54 Å². The molecule has 0 spiro atoms. The second kappa shape index (κ2) is 9.03. The molecule has 21 heavy (non-hydrogen) atoms. The Hall–Kier alpha value is -1.10. The van der Waals surface area contributed by atoms with Gasteiger partial charge in [-0.2, -0.15) is 0 Å². The van der Waals surface area contributed by atoms with Crippen molar-refractivity contribution in [3.8, 4) is 5.75 Å². The van der Waals surface area contributed by atoms with Crippen molar-refractivity contribution in [1.29, 1.82) is 0 Å². The smallest absolute Gasteiger partial charge is 0.119 e. The quantitative estimate of drug-likeness (QED) is 0.620. The molecule has 1 rings (SSSR count). The zero-order valence-electron chi connectivity index (χ0n) is 13.4. The van der Waals surface area contributed by atoms with Crippen molar-refractivity contribution in [2.24, 2.45) is 5.92 Å². The van der Waals surface area contributed by atoms with Gasteiger partial charge in [0.2, 0.25) is 0 Å². The van der Waals surface area contributed by atoms with Crippen molar-refractivity contribution in [2.45, 2.75) is 45.7 Å². The Kier molecular flexibility index (Phi) is 7.72. The zero-order valence-corrected chi connectivity index (χ0v) is 13.4. The van der Waals surface area contributed by atoms with Crippen LogP contribution < -0.4 is 10.1 Å². The Morgan fingerprint density at radius 3 is 2.24 bits per heavy atom. The molecule has 0 saturated heterocycles. The van der Waals surface area contributed by atoms with Crippen LogP contribution in [-0.4, -0.2) is 35.6 Å². The van der Waals surface area contributed by atoms with E-state index in [1.54, 1.807) is 0 Å². The standard InChI is InChI=1S/C17H29NO3/c1-4-17(12-19,13-20)18-11-15-5-7-16(8-6-15)21-10-9-14(2)3/h5-8,14,18-20H,4,9-13H2,1-3H3. The fraction of sp³-hybridized carbons (Fsp3) is 0.647. The Morgan fingerprint density at radius 2 is 1.76 bits per heavy atom. The third-order valence-electron chi connectivity index (χ3n) is 3.84. The van der Waals surface area contributed by atoms with E-state index in [1.165, 1.54) is 0 Å². The normalized spacial score (nSPS) is 11.9. The highest BCUT2D eigenvalue weighted by Gasteiger charge is 2.25. The number of hydrogen-bond acceptors (Lipinski definition) is 4. The fourth-order valence-electron chi connectivity index (χ4n) is 1.92. The lowest BCUT2D eigenvalue weighted by atomic mass is 9.98. The fourth-order valence-corrected chi connectivity index (χ4v) is 1.92. The molecule has 0 aliphatic heterocycles. The molecule has 0 unspecified atom stereocenters. The maximum Gasteiger partial charge on any atom is 0.119 e. The molecule has 0 saturated carbocycles. The molecular weight excluding hydrogens is 266 g/mol. The minimum absolute atomic E-state index is 0.0730. The van der Waals surface area contributed by atoms with Gasteiger partial charge in [-0.3, -0.25) is 0 Å². The first kappa shape index (κ1) is 18.0. The molecule has 0 aromatic heterocycles. The van der Waals surface area contributed by atoms with Crippen molar-refractivity contribution in [1.82, 2.24) is 5.32 Å². The van der Waals surface area contributed by atoms with Crippen LogP contribution in [0.2, 0.25) is 0 Å². The minimum Gasteiger partial charge on any atom is -0.494 e. The third-order valence-corrected chi connectivity index (χ3v) is 3.84. The van der Waals surface area contributed by atoms with Crippen molar-refractivity contribution < 1.29 is 14.9 Å². The van der Waals surface area contributed by atoms with E-state index in [0.717, 1.165) is 24.3 Å². The van der Waals surface area contributed by atoms with E-state index >= 15 is 0 Å². The summed E-state index contributed by atoms with van der Waals surface area (Å²) in [6.45, 7) is 7.52. The number of hydrogen-bond donors (Lipinski definition) is 3. The van der Waals surface area contributed by atoms with Crippen molar-refractivity contribution in [3.05, 3.63) is 29.8 Å². The van der Waals surface area contributed by atoms with Gasteiger partial charge in [0, 0.05) is 6.54 Å². The van der Waals surface area contributed by atoms with Gasteiger partial charge in [-0.1, -0.05) is 32.9 Å². The number of rotatable bonds is 10. The van der Waals surface area contributed by atoms with E-state index in [1.807, 2.05) is 31.2 Å². The number of benzene rings is 1. The number of nitrogens with one attached hydrogen (secondary N) is 1. The van der Waals surface area contributed by atoms with E-state index in [2.05, 4.69) is 19.2 Å². The summed E-state index contributed by atoms with van der Waals surface area (Å²) in [7, 11) is 0. The Labute approximate surface area is 128 Å². The van der Waals surface area contributed by atoms with Gasteiger partial charge in [0.25, 0.3) is 0 Å². The topological polar surface area (TPSA) is 61.7 Å². The van der Waals surface area contributed by atoms with Gasteiger partial charge in [0.15, 0.2) is 0 Å². The predicted octanol–water partition coefficient (Wildman–Crippen LogP) is 2.33. The van der Waals surface area contributed by atoms with Gasteiger partial charge in [-0.25, -0.2) is 0 Å². The maximum atomic E-state index is 9.40. The van der Waals surface area contributed by atoms with Gasteiger partial charge >= 0.3 is 0 Å². The molecule has 0 radical (unpaired) electrons. The maximum absolute atomic E-state index is 9.40. The molecule has 0 amide bonds. The summed E-state index contributed by atoms with van der Waals surface area (Å²) in [4.78, 5) is 0. The van der Waals surface area contributed by atoms with E-state index in [4.69, 9.17) is 4.74 Å². The van der Waals surface area contributed by atoms with Crippen LogP contribution in [0.25, 0.3) is 0 Å². The highest BCUT2D eigenvalue weighted by molar-refractivity contribution is 5.27. The molecule has 1 aromatic rings. The van der Waals surface area contributed by atoms with Crippen LogP contribution in [0.4, 0.5) is 0 Å². The monoisotopic (exact) mass is 295 g/mol. The predicted molar refractivity (Wildman–Crippen MR) is 85.4 cm³/mol. The first-order valence-corrected chi connectivity index (χ1v) is 7.73. The summed E-state index contributed by atoms with van der Waals surface area (Å²) in [5.74, 6) is 1.53. The van der Waals surface area contributed by atoms with Crippen LogP contribution in [0.5, 0.6) is 5.75 Å².